The smallest absolute Gasteiger partial charge is 0.251 e. The van der Waals surface area contributed by atoms with E-state index >= 15 is 0 Å². The molecule has 3 aromatic rings. The number of anilines is 1. The number of rotatable bonds is 3. The number of hydrogen-bond donors (Lipinski definition) is 2. The molecule has 0 aliphatic carbocycles. The number of carbonyl (C=O) groups excluding carboxylic acids is 1. The molecule has 0 atom stereocenters. The molecule has 0 aliphatic rings. The van der Waals surface area contributed by atoms with Gasteiger partial charge in [0.05, 0.1) is 0 Å². The molecule has 1 amide bonds. The molecule has 0 unspecified atom stereocenters. The van der Waals surface area contributed by atoms with E-state index < -0.39 is 0 Å². The number of fused-ring (bicyclic) bond motifs is 1. The van der Waals surface area contributed by atoms with Crippen molar-refractivity contribution in [2.75, 3.05) is 5.73 Å². The minimum atomic E-state index is -0.116. The summed E-state index contributed by atoms with van der Waals surface area (Å²) in [5.41, 5.74) is 7.97. The van der Waals surface area contributed by atoms with Gasteiger partial charge in [0.2, 0.25) is 0 Å². The van der Waals surface area contributed by atoms with Gasteiger partial charge in [0.25, 0.3) is 5.91 Å². The Morgan fingerprint density at radius 2 is 1.71 bits per heavy atom. The number of nitrogens with two attached hydrogens (primary N) is 1. The van der Waals surface area contributed by atoms with Gasteiger partial charge in [-0.15, -0.1) is 0 Å². The molecule has 21 heavy (non-hydrogen) atoms. The van der Waals surface area contributed by atoms with Crippen molar-refractivity contribution in [3.05, 3.63) is 77.9 Å². The van der Waals surface area contributed by atoms with Gasteiger partial charge in [-0.1, -0.05) is 48.5 Å². The highest BCUT2D eigenvalue weighted by atomic mass is 16.1. The summed E-state index contributed by atoms with van der Waals surface area (Å²) >= 11 is 0. The number of carbonyl (C=O) groups is 1. The number of nitrogens with one attached hydrogen (secondary N) is 1. The van der Waals surface area contributed by atoms with E-state index in [4.69, 9.17) is 5.73 Å². The molecule has 3 N–H and O–H groups in total. The second-order valence-electron chi connectivity index (χ2n) is 4.95. The van der Waals surface area contributed by atoms with Crippen molar-refractivity contribution < 1.29 is 4.79 Å². The van der Waals surface area contributed by atoms with Crippen LogP contribution in [0.5, 0.6) is 0 Å². The Morgan fingerprint density at radius 3 is 2.57 bits per heavy atom. The quantitative estimate of drug-likeness (QED) is 0.721. The molecule has 0 spiro atoms. The van der Waals surface area contributed by atoms with E-state index in [1.54, 1.807) is 24.3 Å². The number of nitrogen functional groups attached to an aromatic ring is 1. The van der Waals surface area contributed by atoms with E-state index in [-0.39, 0.29) is 5.91 Å². The normalized spacial score (nSPS) is 10.5. The predicted octanol–water partition coefficient (Wildman–Crippen LogP) is 3.35. The zero-order valence-corrected chi connectivity index (χ0v) is 11.5. The summed E-state index contributed by atoms with van der Waals surface area (Å²) in [6.45, 7) is 0.495. The van der Waals surface area contributed by atoms with Gasteiger partial charge in [0, 0.05) is 17.8 Å². The summed E-state index contributed by atoms with van der Waals surface area (Å²) in [5.74, 6) is -0.116. The van der Waals surface area contributed by atoms with Gasteiger partial charge in [-0.25, -0.2) is 0 Å². The maximum Gasteiger partial charge on any atom is 0.251 e. The van der Waals surface area contributed by atoms with Crippen LogP contribution in [0.2, 0.25) is 0 Å². The Hall–Kier alpha value is -2.81. The topological polar surface area (TPSA) is 55.1 Å². The molecule has 104 valence electrons. The Bertz CT molecular complexity index is 791. The van der Waals surface area contributed by atoms with Crippen LogP contribution in [-0.2, 0) is 6.54 Å². The van der Waals surface area contributed by atoms with Crippen LogP contribution in [0.1, 0.15) is 15.9 Å². The molecular formula is C18H16N2O. The highest BCUT2D eigenvalue weighted by Crippen LogP contribution is 2.18. The third-order valence-corrected chi connectivity index (χ3v) is 3.47. The van der Waals surface area contributed by atoms with Crippen molar-refractivity contribution in [2.24, 2.45) is 0 Å². The van der Waals surface area contributed by atoms with Crippen molar-refractivity contribution >= 4 is 22.4 Å². The molecule has 3 aromatic carbocycles. The summed E-state index contributed by atoms with van der Waals surface area (Å²) in [7, 11) is 0. The number of amides is 1. The van der Waals surface area contributed by atoms with Gasteiger partial charge in [-0.05, 0) is 34.5 Å². The molecule has 0 heterocycles. The van der Waals surface area contributed by atoms with Crippen molar-refractivity contribution in [3.63, 3.8) is 0 Å². The molecule has 3 rings (SSSR count). The summed E-state index contributed by atoms with van der Waals surface area (Å²) in [6, 6.07) is 21.2. The maximum atomic E-state index is 12.1. The maximum absolute atomic E-state index is 12.1. The van der Waals surface area contributed by atoms with Crippen LogP contribution in [0.4, 0.5) is 5.69 Å². The molecular weight excluding hydrogens is 260 g/mol. The molecule has 0 saturated carbocycles. The fourth-order valence-electron chi connectivity index (χ4n) is 2.40. The highest BCUT2D eigenvalue weighted by molar-refractivity contribution is 5.95. The van der Waals surface area contributed by atoms with Gasteiger partial charge < -0.3 is 11.1 Å². The molecule has 0 aromatic heterocycles. The molecule has 0 aliphatic heterocycles. The lowest BCUT2D eigenvalue weighted by Crippen LogP contribution is -2.22. The van der Waals surface area contributed by atoms with Gasteiger partial charge in [-0.3, -0.25) is 4.79 Å². The average Bonchev–Trinajstić information content (AvgIpc) is 2.52. The van der Waals surface area contributed by atoms with Crippen LogP contribution < -0.4 is 11.1 Å². The van der Waals surface area contributed by atoms with E-state index in [9.17, 15) is 4.79 Å². The van der Waals surface area contributed by atoms with Gasteiger partial charge >= 0.3 is 0 Å². The highest BCUT2D eigenvalue weighted by Gasteiger charge is 2.06. The van der Waals surface area contributed by atoms with Crippen LogP contribution in [0.25, 0.3) is 10.8 Å². The zero-order chi connectivity index (χ0) is 14.7. The second kappa shape index (κ2) is 5.67. The lowest BCUT2D eigenvalue weighted by molar-refractivity contribution is 0.0951. The average molecular weight is 276 g/mol. The molecule has 0 saturated heterocycles. The molecule has 3 nitrogen and oxygen atoms in total. The lowest BCUT2D eigenvalue weighted by atomic mass is 10.0. The summed E-state index contributed by atoms with van der Waals surface area (Å²) < 4.78 is 0. The first kappa shape index (κ1) is 13.2. The lowest BCUT2D eigenvalue weighted by Gasteiger charge is -2.09. The van der Waals surface area contributed by atoms with Crippen LogP contribution in [-0.4, -0.2) is 5.91 Å². The molecule has 0 fully saturated rings. The van der Waals surface area contributed by atoms with E-state index in [1.807, 2.05) is 24.3 Å². The summed E-state index contributed by atoms with van der Waals surface area (Å²) in [6.07, 6.45) is 0. The SMILES string of the molecule is Nc1cccc(C(=O)NCc2cccc3ccccc23)c1. The van der Waals surface area contributed by atoms with Crippen LogP contribution in [0, 0.1) is 0 Å². The molecule has 0 radical (unpaired) electrons. The number of hydrogen-bond acceptors (Lipinski definition) is 2. The third-order valence-electron chi connectivity index (χ3n) is 3.47. The van der Waals surface area contributed by atoms with Crippen molar-refractivity contribution in [1.29, 1.82) is 0 Å². The Morgan fingerprint density at radius 1 is 0.952 bits per heavy atom. The minimum Gasteiger partial charge on any atom is -0.399 e. The Kier molecular flexibility index (Phi) is 3.56. The van der Waals surface area contributed by atoms with Crippen molar-refractivity contribution in [2.45, 2.75) is 6.54 Å². The van der Waals surface area contributed by atoms with Crippen LogP contribution >= 0.6 is 0 Å². The van der Waals surface area contributed by atoms with E-state index in [2.05, 4.69) is 23.5 Å². The molecule has 0 bridgehead atoms. The Balaban J connectivity index is 1.79. The fourth-order valence-corrected chi connectivity index (χ4v) is 2.40. The first-order chi connectivity index (χ1) is 10.2. The minimum absolute atomic E-state index is 0.116. The largest absolute Gasteiger partial charge is 0.399 e. The summed E-state index contributed by atoms with van der Waals surface area (Å²) in [5, 5.41) is 5.27. The van der Waals surface area contributed by atoms with Gasteiger partial charge in [0.15, 0.2) is 0 Å². The van der Waals surface area contributed by atoms with E-state index in [1.165, 1.54) is 5.39 Å². The number of benzene rings is 3. The third kappa shape index (κ3) is 2.87. The standard InChI is InChI=1S/C18H16N2O/c19-16-9-4-7-14(11-16)18(21)20-12-15-8-3-6-13-5-1-2-10-17(13)15/h1-11H,12,19H2,(H,20,21). The van der Waals surface area contributed by atoms with E-state index in [0.29, 0.717) is 17.8 Å². The van der Waals surface area contributed by atoms with Gasteiger partial charge in [0.1, 0.15) is 0 Å². The fraction of sp³-hybridized carbons (Fsp3) is 0.0556. The predicted molar refractivity (Wildman–Crippen MR) is 86.0 cm³/mol. The zero-order valence-electron chi connectivity index (χ0n) is 11.5. The van der Waals surface area contributed by atoms with Crippen molar-refractivity contribution in [3.8, 4) is 0 Å². The van der Waals surface area contributed by atoms with Crippen LogP contribution in [0.3, 0.4) is 0 Å². The molecule has 3 heteroatoms. The Labute approximate surface area is 123 Å². The monoisotopic (exact) mass is 276 g/mol. The first-order valence-corrected chi connectivity index (χ1v) is 6.84. The summed E-state index contributed by atoms with van der Waals surface area (Å²) in [4.78, 5) is 12.1. The van der Waals surface area contributed by atoms with E-state index in [0.717, 1.165) is 10.9 Å². The van der Waals surface area contributed by atoms with Crippen molar-refractivity contribution in [1.82, 2.24) is 5.32 Å². The van der Waals surface area contributed by atoms with Crippen LogP contribution in [0.15, 0.2) is 66.7 Å². The second-order valence-corrected chi connectivity index (χ2v) is 4.95. The first-order valence-electron chi connectivity index (χ1n) is 6.84. The van der Waals surface area contributed by atoms with Gasteiger partial charge in [-0.2, -0.15) is 0 Å².